The summed E-state index contributed by atoms with van der Waals surface area (Å²) < 4.78 is 7.90. The standard InChI is InChI=1S/C16H15Br2NO/c1-10-6-12(18)8-13(7-10)19-15-4-5-20-16-3-2-11(17)9-14(15)16/h2-3,6-9,15,19H,4-5H2,1H3. The first kappa shape index (κ1) is 14.0. The number of benzene rings is 2. The van der Waals surface area contributed by atoms with Gasteiger partial charge < -0.3 is 10.1 Å². The maximum atomic E-state index is 5.72. The minimum absolute atomic E-state index is 0.282. The fraction of sp³-hybridized carbons (Fsp3) is 0.250. The third-order valence-corrected chi connectivity index (χ3v) is 4.35. The highest BCUT2D eigenvalue weighted by Crippen LogP contribution is 2.36. The van der Waals surface area contributed by atoms with Crippen LogP contribution in [0, 0.1) is 6.92 Å². The zero-order chi connectivity index (χ0) is 14.1. The molecular weight excluding hydrogens is 382 g/mol. The van der Waals surface area contributed by atoms with Crippen molar-refractivity contribution < 1.29 is 4.74 Å². The lowest BCUT2D eigenvalue weighted by atomic mass is 10.00. The maximum Gasteiger partial charge on any atom is 0.124 e. The van der Waals surface area contributed by atoms with Crippen molar-refractivity contribution >= 4 is 37.5 Å². The van der Waals surface area contributed by atoms with Gasteiger partial charge in [-0.2, -0.15) is 0 Å². The van der Waals surface area contributed by atoms with E-state index in [1.807, 2.05) is 12.1 Å². The van der Waals surface area contributed by atoms with Crippen LogP contribution in [0.5, 0.6) is 5.75 Å². The molecule has 3 rings (SSSR count). The van der Waals surface area contributed by atoms with Gasteiger partial charge >= 0.3 is 0 Å². The van der Waals surface area contributed by atoms with Crippen LogP contribution in [0.2, 0.25) is 0 Å². The molecule has 0 spiro atoms. The molecule has 1 unspecified atom stereocenters. The second-order valence-corrected chi connectivity index (χ2v) is 6.86. The van der Waals surface area contributed by atoms with Crippen molar-refractivity contribution in [1.29, 1.82) is 0 Å². The van der Waals surface area contributed by atoms with Gasteiger partial charge in [0.25, 0.3) is 0 Å². The van der Waals surface area contributed by atoms with Gasteiger partial charge in [0.1, 0.15) is 5.75 Å². The van der Waals surface area contributed by atoms with Gasteiger partial charge in [0.15, 0.2) is 0 Å². The van der Waals surface area contributed by atoms with Crippen LogP contribution in [0.3, 0.4) is 0 Å². The van der Waals surface area contributed by atoms with E-state index in [0.717, 1.165) is 33.4 Å². The van der Waals surface area contributed by atoms with E-state index in [4.69, 9.17) is 4.74 Å². The zero-order valence-electron chi connectivity index (χ0n) is 11.1. The Morgan fingerprint density at radius 1 is 1.10 bits per heavy atom. The second-order valence-electron chi connectivity index (χ2n) is 5.03. The topological polar surface area (TPSA) is 21.3 Å². The Morgan fingerprint density at radius 3 is 2.75 bits per heavy atom. The third kappa shape index (κ3) is 3.01. The highest BCUT2D eigenvalue weighted by molar-refractivity contribution is 9.10. The van der Waals surface area contributed by atoms with Crippen LogP contribution >= 0.6 is 31.9 Å². The van der Waals surface area contributed by atoms with Crippen LogP contribution in [0.25, 0.3) is 0 Å². The Labute approximate surface area is 135 Å². The summed E-state index contributed by atoms with van der Waals surface area (Å²) in [5.74, 6) is 0.976. The van der Waals surface area contributed by atoms with E-state index in [1.54, 1.807) is 0 Å². The van der Waals surface area contributed by atoms with E-state index in [2.05, 4.69) is 68.4 Å². The summed E-state index contributed by atoms with van der Waals surface area (Å²) in [5, 5.41) is 3.62. The number of fused-ring (bicyclic) bond motifs is 1. The Kier molecular flexibility index (Phi) is 4.03. The first-order valence-corrected chi connectivity index (χ1v) is 8.16. The number of hydrogen-bond acceptors (Lipinski definition) is 2. The van der Waals surface area contributed by atoms with Crippen molar-refractivity contribution in [3.8, 4) is 5.75 Å². The maximum absolute atomic E-state index is 5.72. The van der Waals surface area contributed by atoms with E-state index in [9.17, 15) is 0 Å². The van der Waals surface area contributed by atoms with E-state index in [1.165, 1.54) is 11.1 Å². The molecule has 1 aliphatic heterocycles. The summed E-state index contributed by atoms with van der Waals surface area (Å²) >= 11 is 7.08. The molecule has 1 heterocycles. The van der Waals surface area contributed by atoms with Crippen LogP contribution in [0.4, 0.5) is 5.69 Å². The van der Waals surface area contributed by atoms with Crippen molar-refractivity contribution in [3.05, 3.63) is 56.5 Å². The first-order valence-electron chi connectivity index (χ1n) is 6.58. The Hall–Kier alpha value is -1.00. The predicted octanol–water partition coefficient (Wildman–Crippen LogP) is 5.46. The molecule has 2 aromatic rings. The normalized spacial score (nSPS) is 17.2. The van der Waals surface area contributed by atoms with Gasteiger partial charge in [-0.25, -0.2) is 0 Å². The summed E-state index contributed by atoms with van der Waals surface area (Å²) in [6, 6.07) is 12.9. The molecule has 2 aromatic carbocycles. The van der Waals surface area contributed by atoms with E-state index >= 15 is 0 Å². The number of halogens is 2. The molecule has 0 aromatic heterocycles. The van der Waals surface area contributed by atoms with Crippen molar-refractivity contribution in [2.24, 2.45) is 0 Å². The predicted molar refractivity (Wildman–Crippen MR) is 89.5 cm³/mol. The monoisotopic (exact) mass is 395 g/mol. The quantitative estimate of drug-likeness (QED) is 0.727. The average Bonchev–Trinajstić information content (AvgIpc) is 2.38. The summed E-state index contributed by atoms with van der Waals surface area (Å²) in [7, 11) is 0. The average molecular weight is 397 g/mol. The largest absolute Gasteiger partial charge is 0.493 e. The number of aryl methyl sites for hydroxylation is 1. The molecule has 1 N–H and O–H groups in total. The second kappa shape index (κ2) is 5.78. The molecule has 104 valence electrons. The van der Waals surface area contributed by atoms with Crippen LogP contribution in [0.1, 0.15) is 23.6 Å². The number of ether oxygens (including phenoxy) is 1. The van der Waals surface area contributed by atoms with Crippen LogP contribution in [-0.2, 0) is 0 Å². The molecule has 4 heteroatoms. The molecule has 1 aliphatic rings. The Morgan fingerprint density at radius 2 is 1.95 bits per heavy atom. The van der Waals surface area contributed by atoms with Crippen molar-refractivity contribution in [3.63, 3.8) is 0 Å². The molecule has 0 amide bonds. The van der Waals surface area contributed by atoms with Gasteiger partial charge in [-0.05, 0) is 48.9 Å². The summed E-state index contributed by atoms with van der Waals surface area (Å²) in [6.07, 6.45) is 0.967. The van der Waals surface area contributed by atoms with Crippen molar-refractivity contribution in [2.45, 2.75) is 19.4 Å². The minimum atomic E-state index is 0.282. The summed E-state index contributed by atoms with van der Waals surface area (Å²) in [4.78, 5) is 0. The first-order chi connectivity index (χ1) is 9.61. The number of hydrogen-bond donors (Lipinski definition) is 1. The third-order valence-electron chi connectivity index (χ3n) is 3.39. The van der Waals surface area contributed by atoms with E-state index < -0.39 is 0 Å². The molecule has 0 aliphatic carbocycles. The molecule has 2 nitrogen and oxygen atoms in total. The van der Waals surface area contributed by atoms with Crippen LogP contribution in [-0.4, -0.2) is 6.61 Å². The zero-order valence-corrected chi connectivity index (χ0v) is 14.3. The molecular formula is C16H15Br2NO. The number of anilines is 1. The van der Waals surface area contributed by atoms with Gasteiger partial charge in [0, 0.05) is 26.6 Å². The molecule has 1 atom stereocenters. The summed E-state index contributed by atoms with van der Waals surface area (Å²) in [6.45, 7) is 2.85. The van der Waals surface area contributed by atoms with Crippen molar-refractivity contribution in [2.75, 3.05) is 11.9 Å². The molecule has 0 radical (unpaired) electrons. The van der Waals surface area contributed by atoms with Crippen molar-refractivity contribution in [1.82, 2.24) is 0 Å². The smallest absolute Gasteiger partial charge is 0.124 e. The molecule has 20 heavy (non-hydrogen) atoms. The Bertz CT molecular complexity index is 622. The molecule has 0 bridgehead atoms. The van der Waals surface area contributed by atoms with E-state index in [0.29, 0.717) is 0 Å². The Balaban J connectivity index is 1.91. The molecule has 0 saturated heterocycles. The van der Waals surface area contributed by atoms with Crippen LogP contribution < -0.4 is 10.1 Å². The van der Waals surface area contributed by atoms with Gasteiger partial charge in [0.2, 0.25) is 0 Å². The minimum Gasteiger partial charge on any atom is -0.493 e. The van der Waals surface area contributed by atoms with Gasteiger partial charge in [0.05, 0.1) is 12.6 Å². The van der Waals surface area contributed by atoms with Gasteiger partial charge in [-0.3, -0.25) is 0 Å². The lowest BCUT2D eigenvalue weighted by Gasteiger charge is -2.28. The highest BCUT2D eigenvalue weighted by Gasteiger charge is 2.21. The molecule has 0 saturated carbocycles. The fourth-order valence-corrected chi connectivity index (χ4v) is 3.52. The van der Waals surface area contributed by atoms with Gasteiger partial charge in [-0.15, -0.1) is 0 Å². The number of nitrogens with one attached hydrogen (secondary N) is 1. The number of rotatable bonds is 2. The summed E-state index contributed by atoms with van der Waals surface area (Å²) in [5.41, 5.74) is 3.58. The van der Waals surface area contributed by atoms with Gasteiger partial charge in [-0.1, -0.05) is 31.9 Å². The SMILES string of the molecule is Cc1cc(Br)cc(NC2CCOc3ccc(Br)cc32)c1. The highest BCUT2D eigenvalue weighted by atomic mass is 79.9. The molecule has 0 fully saturated rings. The van der Waals surface area contributed by atoms with Crippen LogP contribution in [0.15, 0.2) is 45.3 Å². The van der Waals surface area contributed by atoms with E-state index in [-0.39, 0.29) is 6.04 Å². The lowest BCUT2D eigenvalue weighted by molar-refractivity contribution is 0.274. The fourth-order valence-electron chi connectivity index (χ4n) is 2.54. The lowest BCUT2D eigenvalue weighted by Crippen LogP contribution is -2.20.